The van der Waals surface area contributed by atoms with E-state index in [-0.39, 0.29) is 12.4 Å². The Morgan fingerprint density at radius 2 is 2.06 bits per heavy atom. The number of aromatic nitrogens is 4. The van der Waals surface area contributed by atoms with E-state index >= 15 is 0 Å². The van der Waals surface area contributed by atoms with Crippen LogP contribution in [0.2, 0.25) is 0 Å². The van der Waals surface area contributed by atoms with Gasteiger partial charge in [-0.1, -0.05) is 13.8 Å². The lowest BCUT2D eigenvalue weighted by Crippen LogP contribution is -2.25. The summed E-state index contributed by atoms with van der Waals surface area (Å²) in [7, 11) is 0. The van der Waals surface area contributed by atoms with Crippen LogP contribution in [-0.2, 0) is 13.1 Å². The quantitative estimate of drug-likeness (QED) is 0.829. The molecule has 0 saturated carbocycles. The van der Waals surface area contributed by atoms with Gasteiger partial charge in [-0.3, -0.25) is 0 Å². The maximum Gasteiger partial charge on any atom is 0.408 e. The lowest BCUT2D eigenvalue weighted by molar-refractivity contribution is -0.143. The van der Waals surface area contributed by atoms with E-state index in [2.05, 4.69) is 20.8 Å². The first kappa shape index (κ1) is 12.9. The first-order valence-electron chi connectivity index (χ1n) is 4.91. The minimum atomic E-state index is -4.30. The van der Waals surface area contributed by atoms with E-state index in [1.807, 2.05) is 13.8 Å². The van der Waals surface area contributed by atoms with E-state index < -0.39 is 12.7 Å². The fourth-order valence-corrected chi connectivity index (χ4v) is 1.12. The van der Waals surface area contributed by atoms with Crippen molar-refractivity contribution in [2.75, 3.05) is 6.54 Å². The Balaban J connectivity index is 2.51. The maximum atomic E-state index is 12.1. The number of halogens is 3. The van der Waals surface area contributed by atoms with Crippen LogP contribution in [0.15, 0.2) is 0 Å². The zero-order chi connectivity index (χ0) is 12.2. The normalized spacial score (nSPS) is 12.4. The van der Waals surface area contributed by atoms with Gasteiger partial charge in [-0.15, -0.1) is 5.10 Å². The molecular formula is C8H14F3N5. The lowest BCUT2D eigenvalue weighted by atomic mass is 10.2. The van der Waals surface area contributed by atoms with E-state index in [1.165, 1.54) is 0 Å². The molecule has 0 bridgehead atoms. The van der Waals surface area contributed by atoms with Crippen LogP contribution in [0.1, 0.15) is 19.7 Å². The van der Waals surface area contributed by atoms with E-state index in [0.29, 0.717) is 12.5 Å². The molecule has 1 rings (SSSR count). The molecule has 1 aromatic heterocycles. The molecule has 0 aliphatic carbocycles. The van der Waals surface area contributed by atoms with Crippen molar-refractivity contribution in [3.05, 3.63) is 5.82 Å². The SMILES string of the molecule is CC(C)CNCc1nnnn1CC(F)(F)F. The van der Waals surface area contributed by atoms with Crippen molar-refractivity contribution in [3.8, 4) is 0 Å². The smallest absolute Gasteiger partial charge is 0.310 e. The van der Waals surface area contributed by atoms with Crippen LogP contribution in [0.5, 0.6) is 0 Å². The molecule has 16 heavy (non-hydrogen) atoms. The van der Waals surface area contributed by atoms with Crippen molar-refractivity contribution < 1.29 is 13.2 Å². The first-order chi connectivity index (χ1) is 7.38. The van der Waals surface area contributed by atoms with Crippen molar-refractivity contribution in [3.63, 3.8) is 0 Å². The number of hydrogen-bond donors (Lipinski definition) is 1. The predicted octanol–water partition coefficient (Wildman–Crippen LogP) is 0.981. The molecular weight excluding hydrogens is 223 g/mol. The Morgan fingerprint density at radius 1 is 1.38 bits per heavy atom. The third-order valence-corrected chi connectivity index (χ3v) is 1.77. The zero-order valence-electron chi connectivity index (χ0n) is 9.12. The highest BCUT2D eigenvalue weighted by molar-refractivity contribution is 4.80. The second kappa shape index (κ2) is 5.24. The van der Waals surface area contributed by atoms with Gasteiger partial charge in [0.05, 0.1) is 6.54 Å². The zero-order valence-corrected chi connectivity index (χ0v) is 9.12. The highest BCUT2D eigenvalue weighted by Crippen LogP contribution is 2.17. The van der Waals surface area contributed by atoms with Crippen LogP contribution in [0, 0.1) is 5.92 Å². The monoisotopic (exact) mass is 237 g/mol. The van der Waals surface area contributed by atoms with Crippen LogP contribution in [0.25, 0.3) is 0 Å². The van der Waals surface area contributed by atoms with E-state index in [0.717, 1.165) is 4.68 Å². The van der Waals surface area contributed by atoms with Gasteiger partial charge in [-0.25, -0.2) is 4.68 Å². The lowest BCUT2D eigenvalue weighted by Gasteiger charge is -2.09. The van der Waals surface area contributed by atoms with Crippen molar-refractivity contribution in [2.24, 2.45) is 5.92 Å². The summed E-state index contributed by atoms with van der Waals surface area (Å²) in [6.07, 6.45) is -4.30. The Morgan fingerprint density at radius 3 is 2.62 bits per heavy atom. The van der Waals surface area contributed by atoms with Crippen LogP contribution < -0.4 is 5.32 Å². The number of nitrogens with one attached hydrogen (secondary N) is 1. The Labute approximate surface area is 91.0 Å². The molecule has 1 N–H and O–H groups in total. The molecule has 0 aliphatic heterocycles. The second-order valence-corrected chi connectivity index (χ2v) is 3.89. The third-order valence-electron chi connectivity index (χ3n) is 1.77. The molecule has 5 nitrogen and oxygen atoms in total. The number of alkyl halides is 3. The Hall–Kier alpha value is -1.18. The summed E-state index contributed by atoms with van der Waals surface area (Å²) >= 11 is 0. The summed E-state index contributed by atoms with van der Waals surface area (Å²) in [6.45, 7) is 3.80. The molecule has 1 heterocycles. The molecule has 0 aromatic carbocycles. The predicted molar refractivity (Wildman–Crippen MR) is 50.4 cm³/mol. The topological polar surface area (TPSA) is 55.6 Å². The molecule has 0 aliphatic rings. The number of tetrazole rings is 1. The molecule has 0 spiro atoms. The third kappa shape index (κ3) is 4.56. The van der Waals surface area contributed by atoms with Gasteiger partial charge < -0.3 is 5.32 Å². The van der Waals surface area contributed by atoms with Gasteiger partial charge in [0, 0.05) is 0 Å². The molecule has 0 unspecified atom stereocenters. The summed E-state index contributed by atoms with van der Waals surface area (Å²) in [5, 5.41) is 13.0. The molecule has 0 fully saturated rings. The van der Waals surface area contributed by atoms with Crippen molar-refractivity contribution in [2.45, 2.75) is 33.1 Å². The Kier molecular flexibility index (Phi) is 4.22. The van der Waals surface area contributed by atoms with Gasteiger partial charge in [-0.05, 0) is 22.9 Å². The largest absolute Gasteiger partial charge is 0.408 e. The molecule has 8 heteroatoms. The van der Waals surface area contributed by atoms with Gasteiger partial charge in [0.1, 0.15) is 6.54 Å². The van der Waals surface area contributed by atoms with Crippen molar-refractivity contribution in [1.29, 1.82) is 0 Å². The molecule has 0 radical (unpaired) electrons. The molecule has 92 valence electrons. The van der Waals surface area contributed by atoms with Crippen LogP contribution in [-0.4, -0.2) is 32.9 Å². The minimum absolute atomic E-state index is 0.193. The van der Waals surface area contributed by atoms with E-state index in [9.17, 15) is 13.2 Å². The number of rotatable bonds is 5. The fraction of sp³-hybridized carbons (Fsp3) is 0.875. The molecule has 1 aromatic rings. The van der Waals surface area contributed by atoms with E-state index in [4.69, 9.17) is 0 Å². The molecule has 0 amide bonds. The summed E-state index contributed by atoms with van der Waals surface area (Å²) in [6, 6.07) is 0. The van der Waals surface area contributed by atoms with Gasteiger partial charge in [0.25, 0.3) is 0 Å². The van der Waals surface area contributed by atoms with Crippen LogP contribution in [0.4, 0.5) is 13.2 Å². The summed E-state index contributed by atoms with van der Waals surface area (Å²) in [5.41, 5.74) is 0. The first-order valence-corrected chi connectivity index (χ1v) is 4.91. The molecule has 0 atom stereocenters. The number of hydrogen-bond acceptors (Lipinski definition) is 4. The second-order valence-electron chi connectivity index (χ2n) is 3.89. The summed E-state index contributed by atoms with van der Waals surface area (Å²) in [4.78, 5) is 0. The van der Waals surface area contributed by atoms with Gasteiger partial charge >= 0.3 is 6.18 Å². The highest BCUT2D eigenvalue weighted by Gasteiger charge is 2.29. The summed E-state index contributed by atoms with van der Waals surface area (Å²) < 4.78 is 37.1. The van der Waals surface area contributed by atoms with Gasteiger partial charge in [-0.2, -0.15) is 13.2 Å². The fourth-order valence-electron chi connectivity index (χ4n) is 1.12. The average molecular weight is 237 g/mol. The summed E-state index contributed by atoms with van der Waals surface area (Å²) in [5.74, 6) is 0.616. The molecule has 0 saturated heterocycles. The standard InChI is InChI=1S/C8H14F3N5/c1-6(2)3-12-4-7-13-14-15-16(7)5-8(9,10)11/h6,12H,3-5H2,1-2H3. The average Bonchev–Trinajstić information content (AvgIpc) is 2.49. The van der Waals surface area contributed by atoms with Gasteiger partial charge in [0.15, 0.2) is 5.82 Å². The maximum absolute atomic E-state index is 12.1. The van der Waals surface area contributed by atoms with Crippen LogP contribution in [0.3, 0.4) is 0 Å². The van der Waals surface area contributed by atoms with Crippen molar-refractivity contribution in [1.82, 2.24) is 25.5 Å². The van der Waals surface area contributed by atoms with E-state index in [1.54, 1.807) is 0 Å². The Bertz CT molecular complexity index is 320. The van der Waals surface area contributed by atoms with Crippen LogP contribution >= 0.6 is 0 Å². The van der Waals surface area contributed by atoms with Crippen molar-refractivity contribution >= 4 is 0 Å². The minimum Gasteiger partial charge on any atom is -0.310 e. The highest BCUT2D eigenvalue weighted by atomic mass is 19.4. The number of nitrogens with zero attached hydrogens (tertiary/aromatic N) is 4. The van der Waals surface area contributed by atoms with Gasteiger partial charge in [0.2, 0.25) is 0 Å².